The van der Waals surface area contributed by atoms with E-state index in [-0.39, 0.29) is 5.54 Å². The van der Waals surface area contributed by atoms with Crippen LogP contribution in [-0.2, 0) is 0 Å². The average Bonchev–Trinajstić information content (AvgIpc) is 3.16. The van der Waals surface area contributed by atoms with Crippen molar-refractivity contribution in [2.75, 3.05) is 13.1 Å². The van der Waals surface area contributed by atoms with Gasteiger partial charge in [-0.15, -0.1) is 0 Å². The molecule has 0 spiro atoms. The van der Waals surface area contributed by atoms with E-state index in [4.69, 9.17) is 0 Å². The van der Waals surface area contributed by atoms with Crippen LogP contribution in [0, 0.1) is 17.2 Å². The fourth-order valence-electron chi connectivity index (χ4n) is 2.92. The van der Waals surface area contributed by atoms with Gasteiger partial charge in [-0.3, -0.25) is 5.32 Å². The van der Waals surface area contributed by atoms with Crippen molar-refractivity contribution >= 4 is 0 Å². The fraction of sp³-hybridized carbons (Fsp3) is 0.941. The van der Waals surface area contributed by atoms with Crippen LogP contribution in [0.4, 0.5) is 0 Å². The van der Waals surface area contributed by atoms with Gasteiger partial charge in [0.25, 0.3) is 0 Å². The zero-order valence-corrected chi connectivity index (χ0v) is 14.1. The van der Waals surface area contributed by atoms with E-state index in [1.54, 1.807) is 0 Å². The van der Waals surface area contributed by atoms with Gasteiger partial charge in [-0.2, -0.15) is 5.26 Å². The minimum atomic E-state index is -0.364. The van der Waals surface area contributed by atoms with Crippen molar-refractivity contribution in [2.45, 2.75) is 84.3 Å². The molecule has 0 aliphatic heterocycles. The Balaban J connectivity index is 2.26. The van der Waals surface area contributed by atoms with Crippen molar-refractivity contribution < 1.29 is 0 Å². The normalized spacial score (nSPS) is 18.6. The minimum absolute atomic E-state index is 0.364. The van der Waals surface area contributed by atoms with Crippen LogP contribution in [0.25, 0.3) is 0 Å². The first-order valence-electron chi connectivity index (χ1n) is 8.29. The molecule has 1 N–H and O–H groups in total. The maximum absolute atomic E-state index is 9.34. The van der Waals surface area contributed by atoms with Crippen molar-refractivity contribution in [3.63, 3.8) is 0 Å². The maximum Gasteiger partial charge on any atom is 0.104 e. The summed E-state index contributed by atoms with van der Waals surface area (Å²) in [6, 6.07) is 3.66. The van der Waals surface area contributed by atoms with E-state index >= 15 is 0 Å². The summed E-state index contributed by atoms with van der Waals surface area (Å²) in [5.41, 5.74) is -0.364. The monoisotopic (exact) mass is 279 g/mol. The van der Waals surface area contributed by atoms with E-state index in [9.17, 15) is 5.26 Å². The Morgan fingerprint density at radius 2 is 1.90 bits per heavy atom. The highest BCUT2D eigenvalue weighted by Crippen LogP contribution is 2.28. The molecule has 0 radical (unpaired) electrons. The summed E-state index contributed by atoms with van der Waals surface area (Å²) in [4.78, 5) is 2.66. The molecule has 0 aromatic heterocycles. The molecule has 1 fully saturated rings. The summed E-state index contributed by atoms with van der Waals surface area (Å²) < 4.78 is 0. The first kappa shape index (κ1) is 17.5. The number of nitriles is 1. The Morgan fingerprint density at radius 3 is 2.35 bits per heavy atom. The summed E-state index contributed by atoms with van der Waals surface area (Å²) in [7, 11) is 0. The smallest absolute Gasteiger partial charge is 0.104 e. The SMILES string of the molecule is CC(C)CN(CCCCC(C)(C#N)NC(C)C)C1CC1. The van der Waals surface area contributed by atoms with Crippen molar-refractivity contribution in [1.29, 1.82) is 5.26 Å². The van der Waals surface area contributed by atoms with Crippen LogP contribution in [0.15, 0.2) is 0 Å². The molecule has 1 aliphatic rings. The Hall–Kier alpha value is -0.590. The highest BCUT2D eigenvalue weighted by Gasteiger charge is 2.29. The van der Waals surface area contributed by atoms with Crippen LogP contribution < -0.4 is 5.32 Å². The first-order valence-corrected chi connectivity index (χ1v) is 8.29. The molecule has 0 amide bonds. The summed E-state index contributed by atoms with van der Waals surface area (Å²) in [6.45, 7) is 13.3. The molecule has 1 rings (SSSR count). The number of nitrogens with zero attached hydrogens (tertiary/aromatic N) is 2. The zero-order valence-electron chi connectivity index (χ0n) is 14.1. The van der Waals surface area contributed by atoms with E-state index in [1.165, 1.54) is 32.4 Å². The highest BCUT2D eigenvalue weighted by molar-refractivity contribution is 5.04. The maximum atomic E-state index is 9.34. The molecule has 1 aliphatic carbocycles. The van der Waals surface area contributed by atoms with Gasteiger partial charge in [-0.25, -0.2) is 0 Å². The Labute approximate surface area is 125 Å². The third-order valence-electron chi connectivity index (χ3n) is 3.89. The number of nitrogens with one attached hydrogen (secondary N) is 1. The molecule has 1 atom stereocenters. The fourth-order valence-corrected chi connectivity index (χ4v) is 2.92. The van der Waals surface area contributed by atoms with Gasteiger partial charge >= 0.3 is 0 Å². The van der Waals surface area contributed by atoms with Crippen LogP contribution in [-0.4, -0.2) is 35.6 Å². The van der Waals surface area contributed by atoms with E-state index in [2.05, 4.69) is 44.0 Å². The predicted octanol–water partition coefficient (Wildman–Crippen LogP) is 3.56. The number of hydrogen-bond donors (Lipinski definition) is 1. The third-order valence-corrected chi connectivity index (χ3v) is 3.89. The Kier molecular flexibility index (Phi) is 6.99. The predicted molar refractivity (Wildman–Crippen MR) is 85.6 cm³/mol. The summed E-state index contributed by atoms with van der Waals surface area (Å²) in [5, 5.41) is 12.7. The van der Waals surface area contributed by atoms with Crippen molar-refractivity contribution in [1.82, 2.24) is 10.2 Å². The molecule has 0 aromatic rings. The van der Waals surface area contributed by atoms with Gasteiger partial charge in [0.2, 0.25) is 0 Å². The molecule has 0 aromatic carbocycles. The van der Waals surface area contributed by atoms with Gasteiger partial charge in [0.15, 0.2) is 0 Å². The van der Waals surface area contributed by atoms with E-state index < -0.39 is 0 Å². The third kappa shape index (κ3) is 6.72. The van der Waals surface area contributed by atoms with Gasteiger partial charge in [0, 0.05) is 18.6 Å². The highest BCUT2D eigenvalue weighted by atomic mass is 15.2. The number of unbranched alkanes of at least 4 members (excludes halogenated alkanes) is 1. The van der Waals surface area contributed by atoms with Crippen molar-refractivity contribution in [2.24, 2.45) is 5.92 Å². The van der Waals surface area contributed by atoms with Gasteiger partial charge in [0.05, 0.1) is 6.07 Å². The lowest BCUT2D eigenvalue weighted by Gasteiger charge is -2.27. The molecule has 0 bridgehead atoms. The Bertz CT molecular complexity index is 315. The molecule has 20 heavy (non-hydrogen) atoms. The molecule has 0 saturated heterocycles. The number of hydrogen-bond acceptors (Lipinski definition) is 3. The second-order valence-corrected chi connectivity index (χ2v) is 7.32. The lowest BCUT2D eigenvalue weighted by molar-refractivity contribution is 0.226. The van der Waals surface area contributed by atoms with Crippen LogP contribution in [0.1, 0.15) is 66.7 Å². The van der Waals surface area contributed by atoms with Crippen molar-refractivity contribution in [3.8, 4) is 6.07 Å². The quantitative estimate of drug-likeness (QED) is 0.622. The van der Waals surface area contributed by atoms with Gasteiger partial charge in [0.1, 0.15) is 5.54 Å². The molecule has 1 saturated carbocycles. The molecule has 3 nitrogen and oxygen atoms in total. The summed E-state index contributed by atoms with van der Waals surface area (Å²) in [6.07, 6.45) is 6.06. The van der Waals surface area contributed by atoms with E-state index in [0.717, 1.165) is 24.8 Å². The minimum Gasteiger partial charge on any atom is -0.300 e. The van der Waals surface area contributed by atoms with Crippen LogP contribution in [0.3, 0.4) is 0 Å². The number of rotatable bonds is 10. The molecular weight excluding hydrogens is 246 g/mol. The molecule has 0 heterocycles. The lowest BCUT2D eigenvalue weighted by Crippen LogP contribution is -2.45. The second kappa shape index (κ2) is 8.00. The van der Waals surface area contributed by atoms with E-state index in [0.29, 0.717) is 6.04 Å². The first-order chi connectivity index (χ1) is 9.36. The lowest BCUT2D eigenvalue weighted by atomic mass is 9.95. The average molecular weight is 279 g/mol. The van der Waals surface area contributed by atoms with Crippen LogP contribution >= 0.6 is 0 Å². The van der Waals surface area contributed by atoms with E-state index in [1.807, 2.05) is 6.92 Å². The standard InChI is InChI=1S/C17H33N3/c1-14(2)12-20(16-8-9-16)11-7-6-10-17(5,13-18)19-15(3)4/h14-16,19H,6-12H2,1-5H3. The molecule has 1 unspecified atom stereocenters. The van der Waals surface area contributed by atoms with Gasteiger partial charge in [-0.1, -0.05) is 13.8 Å². The summed E-state index contributed by atoms with van der Waals surface area (Å²) in [5.74, 6) is 0.752. The molecular formula is C17H33N3. The second-order valence-electron chi connectivity index (χ2n) is 7.32. The van der Waals surface area contributed by atoms with Crippen LogP contribution in [0.2, 0.25) is 0 Å². The summed E-state index contributed by atoms with van der Waals surface area (Å²) >= 11 is 0. The zero-order chi connectivity index (χ0) is 15.2. The van der Waals surface area contributed by atoms with Crippen LogP contribution in [0.5, 0.6) is 0 Å². The Morgan fingerprint density at radius 1 is 1.25 bits per heavy atom. The molecule has 116 valence electrons. The van der Waals surface area contributed by atoms with Gasteiger partial charge < -0.3 is 4.90 Å². The topological polar surface area (TPSA) is 39.1 Å². The van der Waals surface area contributed by atoms with Crippen molar-refractivity contribution in [3.05, 3.63) is 0 Å². The molecule has 3 heteroatoms. The van der Waals surface area contributed by atoms with Gasteiger partial charge in [-0.05, 0) is 65.3 Å². The largest absolute Gasteiger partial charge is 0.300 e.